The molecule has 3 N–H and O–H groups in total. The van der Waals surface area contributed by atoms with Crippen LogP contribution in [0.1, 0.15) is 11.6 Å². The number of rotatable bonds is 2. The highest BCUT2D eigenvalue weighted by Crippen LogP contribution is 2.32. The molecule has 0 spiro atoms. The van der Waals surface area contributed by atoms with E-state index in [2.05, 4.69) is 5.73 Å². The van der Waals surface area contributed by atoms with E-state index in [1.54, 1.807) is 11.4 Å². The van der Waals surface area contributed by atoms with Crippen molar-refractivity contribution in [2.75, 3.05) is 0 Å². The standard InChI is InChI=1S/C9H9F3N2O/c10-9(11,12)7(14-8(13)15)6-4-2-1-3-5-6/h1-5,7H,(H3,13,14,15). The zero-order valence-corrected chi connectivity index (χ0v) is 7.58. The number of alkyl halides is 3. The smallest absolute Gasteiger partial charge is 0.352 e. The Balaban J connectivity index is 2.97. The Morgan fingerprint density at radius 3 is 2.20 bits per heavy atom. The van der Waals surface area contributed by atoms with Crippen molar-refractivity contribution in [3.05, 3.63) is 35.9 Å². The molecule has 82 valence electrons. The second kappa shape index (κ2) is 4.20. The third kappa shape index (κ3) is 3.16. The van der Waals surface area contributed by atoms with Gasteiger partial charge >= 0.3 is 12.2 Å². The molecule has 0 saturated carbocycles. The van der Waals surface area contributed by atoms with Crippen molar-refractivity contribution < 1.29 is 18.0 Å². The van der Waals surface area contributed by atoms with E-state index in [1.165, 1.54) is 24.3 Å². The number of urea groups is 1. The first kappa shape index (κ1) is 11.4. The SMILES string of the molecule is NC(=O)NC(c1ccccc1)C(F)(F)F. The molecule has 1 aromatic rings. The average molecular weight is 218 g/mol. The number of benzene rings is 1. The summed E-state index contributed by atoms with van der Waals surface area (Å²) in [6.45, 7) is 0. The molecule has 2 amide bonds. The molecule has 0 aliphatic carbocycles. The number of nitrogens with one attached hydrogen (secondary N) is 1. The fraction of sp³-hybridized carbons (Fsp3) is 0.222. The molecule has 1 atom stereocenters. The molecule has 0 aliphatic rings. The molecular formula is C9H9F3N2O. The van der Waals surface area contributed by atoms with Gasteiger partial charge in [0.05, 0.1) is 0 Å². The van der Waals surface area contributed by atoms with Crippen molar-refractivity contribution in [3.63, 3.8) is 0 Å². The first-order chi connectivity index (χ1) is 6.91. The average Bonchev–Trinajstić information content (AvgIpc) is 2.14. The number of halogens is 3. The number of carbonyl (C=O) groups excluding carboxylic acids is 1. The molecule has 6 heteroatoms. The lowest BCUT2D eigenvalue weighted by atomic mass is 10.1. The molecule has 1 rings (SSSR count). The van der Waals surface area contributed by atoms with Crippen LogP contribution in [0.4, 0.5) is 18.0 Å². The van der Waals surface area contributed by atoms with Crippen molar-refractivity contribution >= 4 is 6.03 Å². The van der Waals surface area contributed by atoms with Gasteiger partial charge in [-0.1, -0.05) is 30.3 Å². The fourth-order valence-corrected chi connectivity index (χ4v) is 1.14. The predicted octanol–water partition coefficient (Wildman–Crippen LogP) is 1.96. The van der Waals surface area contributed by atoms with E-state index < -0.39 is 18.2 Å². The van der Waals surface area contributed by atoms with E-state index in [-0.39, 0.29) is 5.56 Å². The van der Waals surface area contributed by atoms with Gasteiger partial charge < -0.3 is 11.1 Å². The van der Waals surface area contributed by atoms with Crippen LogP contribution in [0.25, 0.3) is 0 Å². The Labute approximate surface area is 84.1 Å². The summed E-state index contributed by atoms with van der Waals surface area (Å²) in [6, 6.07) is 3.77. The lowest BCUT2D eigenvalue weighted by molar-refractivity contribution is -0.154. The maximum atomic E-state index is 12.5. The van der Waals surface area contributed by atoms with Crippen LogP contribution >= 0.6 is 0 Å². The molecule has 3 nitrogen and oxygen atoms in total. The molecule has 1 aromatic carbocycles. The topological polar surface area (TPSA) is 55.1 Å². The maximum Gasteiger partial charge on any atom is 0.412 e. The van der Waals surface area contributed by atoms with Crippen molar-refractivity contribution in [3.8, 4) is 0 Å². The number of nitrogens with two attached hydrogens (primary N) is 1. The van der Waals surface area contributed by atoms with Crippen LogP contribution in [0.5, 0.6) is 0 Å². The highest BCUT2D eigenvalue weighted by Gasteiger charge is 2.41. The Morgan fingerprint density at radius 1 is 1.27 bits per heavy atom. The van der Waals surface area contributed by atoms with E-state index in [9.17, 15) is 18.0 Å². The van der Waals surface area contributed by atoms with Crippen LogP contribution in [-0.2, 0) is 0 Å². The van der Waals surface area contributed by atoms with E-state index in [0.29, 0.717) is 0 Å². The predicted molar refractivity (Wildman–Crippen MR) is 48.0 cm³/mol. The Bertz CT molecular complexity index is 337. The molecule has 0 aliphatic heterocycles. The van der Waals surface area contributed by atoms with Crippen molar-refractivity contribution in [1.82, 2.24) is 5.32 Å². The highest BCUT2D eigenvalue weighted by atomic mass is 19.4. The van der Waals surface area contributed by atoms with Crippen LogP contribution in [0.2, 0.25) is 0 Å². The maximum absolute atomic E-state index is 12.5. The highest BCUT2D eigenvalue weighted by molar-refractivity contribution is 5.72. The monoisotopic (exact) mass is 218 g/mol. The Morgan fingerprint density at radius 2 is 1.80 bits per heavy atom. The van der Waals surface area contributed by atoms with Gasteiger partial charge in [0.1, 0.15) is 0 Å². The van der Waals surface area contributed by atoms with Crippen LogP contribution in [0, 0.1) is 0 Å². The number of primary amides is 1. The number of hydrogen-bond donors (Lipinski definition) is 2. The summed E-state index contributed by atoms with van der Waals surface area (Å²) in [5.74, 6) is 0. The lowest BCUT2D eigenvalue weighted by Gasteiger charge is -2.20. The van der Waals surface area contributed by atoms with E-state index in [0.717, 1.165) is 0 Å². The summed E-state index contributed by atoms with van der Waals surface area (Å²) >= 11 is 0. The third-order valence-electron chi connectivity index (χ3n) is 1.75. The minimum Gasteiger partial charge on any atom is -0.352 e. The summed E-state index contributed by atoms with van der Waals surface area (Å²) in [7, 11) is 0. The first-order valence-corrected chi connectivity index (χ1v) is 4.09. The van der Waals surface area contributed by atoms with Crippen molar-refractivity contribution in [2.45, 2.75) is 12.2 Å². The molecule has 0 heterocycles. The summed E-state index contributed by atoms with van der Waals surface area (Å²) in [5, 5.41) is 1.65. The van der Waals surface area contributed by atoms with Crippen LogP contribution in [0.3, 0.4) is 0 Å². The zero-order chi connectivity index (χ0) is 11.5. The van der Waals surface area contributed by atoms with Gasteiger partial charge in [-0.3, -0.25) is 0 Å². The largest absolute Gasteiger partial charge is 0.412 e. The fourth-order valence-electron chi connectivity index (χ4n) is 1.14. The number of hydrogen-bond acceptors (Lipinski definition) is 1. The third-order valence-corrected chi connectivity index (χ3v) is 1.75. The van der Waals surface area contributed by atoms with Crippen LogP contribution in [-0.4, -0.2) is 12.2 Å². The normalized spacial score (nSPS) is 13.3. The van der Waals surface area contributed by atoms with Gasteiger partial charge in [0, 0.05) is 0 Å². The van der Waals surface area contributed by atoms with Gasteiger partial charge in [-0.05, 0) is 5.56 Å². The lowest BCUT2D eigenvalue weighted by Crippen LogP contribution is -2.40. The molecule has 0 bridgehead atoms. The minimum absolute atomic E-state index is 0.0520. The van der Waals surface area contributed by atoms with Gasteiger partial charge in [-0.25, -0.2) is 4.79 Å². The molecule has 0 radical (unpaired) electrons. The van der Waals surface area contributed by atoms with Gasteiger partial charge in [-0.15, -0.1) is 0 Å². The Kier molecular flexibility index (Phi) is 3.18. The molecule has 0 aromatic heterocycles. The summed E-state index contributed by atoms with van der Waals surface area (Å²) in [5.41, 5.74) is 4.63. The van der Waals surface area contributed by atoms with Crippen molar-refractivity contribution in [1.29, 1.82) is 0 Å². The second-order valence-corrected chi connectivity index (χ2v) is 2.89. The summed E-state index contributed by atoms with van der Waals surface area (Å²) in [4.78, 5) is 10.4. The first-order valence-electron chi connectivity index (χ1n) is 4.09. The summed E-state index contributed by atoms with van der Waals surface area (Å²) in [6.07, 6.45) is -4.56. The van der Waals surface area contributed by atoms with Crippen molar-refractivity contribution in [2.24, 2.45) is 5.73 Å². The van der Waals surface area contributed by atoms with E-state index in [4.69, 9.17) is 0 Å². The molecule has 15 heavy (non-hydrogen) atoms. The van der Waals surface area contributed by atoms with Crippen LogP contribution in [0.15, 0.2) is 30.3 Å². The van der Waals surface area contributed by atoms with Gasteiger partial charge in [0.2, 0.25) is 0 Å². The second-order valence-electron chi connectivity index (χ2n) is 2.89. The number of amides is 2. The van der Waals surface area contributed by atoms with Gasteiger partial charge in [0.25, 0.3) is 0 Å². The quantitative estimate of drug-likeness (QED) is 0.783. The van der Waals surface area contributed by atoms with E-state index >= 15 is 0 Å². The molecular weight excluding hydrogens is 209 g/mol. The molecule has 0 saturated heterocycles. The van der Waals surface area contributed by atoms with Gasteiger partial charge in [0.15, 0.2) is 6.04 Å². The number of carbonyl (C=O) groups is 1. The molecule has 0 fully saturated rings. The zero-order valence-electron chi connectivity index (χ0n) is 7.58. The van der Waals surface area contributed by atoms with Gasteiger partial charge in [-0.2, -0.15) is 13.2 Å². The van der Waals surface area contributed by atoms with Crippen LogP contribution < -0.4 is 11.1 Å². The Hall–Kier alpha value is -1.72. The molecule has 1 unspecified atom stereocenters. The summed E-state index contributed by atoms with van der Waals surface area (Å²) < 4.78 is 37.5. The minimum atomic E-state index is -4.56. The van der Waals surface area contributed by atoms with E-state index in [1.807, 2.05) is 0 Å².